The lowest BCUT2D eigenvalue weighted by atomic mass is 10.1. The first-order chi connectivity index (χ1) is 17.6. The van der Waals surface area contributed by atoms with E-state index in [1.54, 1.807) is 7.11 Å². The van der Waals surface area contributed by atoms with Crippen molar-refractivity contribution >= 4 is 11.8 Å². The van der Waals surface area contributed by atoms with E-state index in [0.717, 1.165) is 57.7 Å². The molecule has 2 saturated heterocycles. The first-order valence-corrected chi connectivity index (χ1v) is 13.3. The molecule has 2 aliphatic heterocycles. The van der Waals surface area contributed by atoms with E-state index < -0.39 is 0 Å². The Morgan fingerprint density at radius 2 is 1.75 bits per heavy atom. The molecule has 2 heterocycles. The zero-order chi connectivity index (χ0) is 24.9. The highest BCUT2D eigenvalue weighted by molar-refractivity contribution is 5.90. The van der Waals surface area contributed by atoms with Gasteiger partial charge in [-0.2, -0.15) is 0 Å². The highest BCUT2D eigenvalue weighted by atomic mass is 16.5. The van der Waals surface area contributed by atoms with Gasteiger partial charge in [0.05, 0.1) is 7.11 Å². The standard InChI is InChI=1S/C29H38N4O3/c1-36-26-10-5-9-23(17-26)20-32(19-22-7-3-2-4-8-22)25-18-27(33(21-25)28(34)24-11-12-24)29(35)31-15-6-13-30-14-16-31/h2-5,7-10,17,24-25,27,30H,6,11-16,18-21H2,1H3. The van der Waals surface area contributed by atoms with E-state index in [1.165, 1.54) is 11.1 Å². The van der Waals surface area contributed by atoms with Crippen molar-refractivity contribution < 1.29 is 14.3 Å². The third kappa shape index (κ3) is 5.90. The van der Waals surface area contributed by atoms with Crippen molar-refractivity contribution in [1.82, 2.24) is 20.0 Å². The van der Waals surface area contributed by atoms with Gasteiger partial charge < -0.3 is 19.9 Å². The number of nitrogens with zero attached hydrogens (tertiary/aromatic N) is 3. The summed E-state index contributed by atoms with van der Waals surface area (Å²) in [6.45, 7) is 5.33. The summed E-state index contributed by atoms with van der Waals surface area (Å²) in [5.74, 6) is 1.24. The molecule has 2 aromatic carbocycles. The molecule has 2 aromatic rings. The summed E-state index contributed by atoms with van der Waals surface area (Å²) in [7, 11) is 1.69. The number of hydrogen-bond acceptors (Lipinski definition) is 5. The normalized spacial score (nSPS) is 22.5. The lowest BCUT2D eigenvalue weighted by Gasteiger charge is -2.29. The summed E-state index contributed by atoms with van der Waals surface area (Å²) >= 11 is 0. The molecule has 0 bridgehead atoms. The zero-order valence-electron chi connectivity index (χ0n) is 21.3. The Morgan fingerprint density at radius 1 is 0.972 bits per heavy atom. The van der Waals surface area contributed by atoms with Crippen molar-refractivity contribution in [2.45, 2.75) is 50.9 Å². The fourth-order valence-corrected chi connectivity index (χ4v) is 5.54. The van der Waals surface area contributed by atoms with E-state index in [1.807, 2.05) is 28.0 Å². The van der Waals surface area contributed by atoms with Crippen LogP contribution in [0.1, 0.15) is 36.8 Å². The van der Waals surface area contributed by atoms with Gasteiger partial charge in [-0.25, -0.2) is 0 Å². The summed E-state index contributed by atoms with van der Waals surface area (Å²) in [6, 6.07) is 18.4. The third-order valence-corrected chi connectivity index (χ3v) is 7.69. The van der Waals surface area contributed by atoms with Crippen LogP contribution >= 0.6 is 0 Å². The molecule has 3 fully saturated rings. The molecule has 0 aromatic heterocycles. The van der Waals surface area contributed by atoms with Crippen LogP contribution in [0.25, 0.3) is 0 Å². The predicted molar refractivity (Wildman–Crippen MR) is 139 cm³/mol. The van der Waals surface area contributed by atoms with Gasteiger partial charge in [0.2, 0.25) is 11.8 Å². The molecule has 2 unspecified atom stereocenters. The van der Waals surface area contributed by atoms with Gasteiger partial charge in [0.15, 0.2) is 0 Å². The van der Waals surface area contributed by atoms with Gasteiger partial charge in [-0.05, 0) is 55.5 Å². The van der Waals surface area contributed by atoms with Crippen LogP contribution < -0.4 is 10.1 Å². The maximum absolute atomic E-state index is 13.7. The van der Waals surface area contributed by atoms with E-state index in [0.29, 0.717) is 19.5 Å². The molecule has 5 rings (SSSR count). The van der Waals surface area contributed by atoms with Crippen LogP contribution in [0.5, 0.6) is 5.75 Å². The Hall–Kier alpha value is -2.90. The number of amides is 2. The molecule has 3 aliphatic rings. The van der Waals surface area contributed by atoms with Gasteiger partial charge in [-0.3, -0.25) is 14.5 Å². The summed E-state index contributed by atoms with van der Waals surface area (Å²) in [6.07, 6.45) is 3.53. The van der Waals surface area contributed by atoms with Gasteiger partial charge in [0.25, 0.3) is 0 Å². The van der Waals surface area contributed by atoms with Gasteiger partial charge in [0, 0.05) is 51.2 Å². The van der Waals surface area contributed by atoms with E-state index >= 15 is 0 Å². The second-order valence-corrected chi connectivity index (χ2v) is 10.3. The van der Waals surface area contributed by atoms with Crippen molar-refractivity contribution in [3.05, 3.63) is 65.7 Å². The fraction of sp³-hybridized carbons (Fsp3) is 0.517. The highest BCUT2D eigenvalue weighted by Gasteiger charge is 2.46. The van der Waals surface area contributed by atoms with Gasteiger partial charge in [-0.1, -0.05) is 42.5 Å². The predicted octanol–water partition coefficient (Wildman–Crippen LogP) is 2.90. The monoisotopic (exact) mass is 490 g/mol. The lowest BCUT2D eigenvalue weighted by Crippen LogP contribution is -2.49. The van der Waals surface area contributed by atoms with Gasteiger partial charge in [0.1, 0.15) is 11.8 Å². The van der Waals surface area contributed by atoms with Gasteiger partial charge >= 0.3 is 0 Å². The van der Waals surface area contributed by atoms with Gasteiger partial charge in [-0.15, -0.1) is 0 Å². The summed E-state index contributed by atoms with van der Waals surface area (Å²) in [5, 5.41) is 3.38. The third-order valence-electron chi connectivity index (χ3n) is 7.69. The van der Waals surface area contributed by atoms with E-state index in [9.17, 15) is 9.59 Å². The van der Waals surface area contributed by atoms with Crippen molar-refractivity contribution in [3.63, 3.8) is 0 Å². The fourth-order valence-electron chi connectivity index (χ4n) is 5.54. The SMILES string of the molecule is COc1cccc(CN(Cc2ccccc2)C2CC(C(=O)N3CCCNCC3)N(C(=O)C3CC3)C2)c1. The van der Waals surface area contributed by atoms with Crippen LogP contribution in [0, 0.1) is 5.92 Å². The van der Waals surface area contributed by atoms with Crippen LogP contribution in [0.15, 0.2) is 54.6 Å². The summed E-state index contributed by atoms with van der Waals surface area (Å²) < 4.78 is 5.46. The van der Waals surface area contributed by atoms with Crippen LogP contribution in [0.4, 0.5) is 0 Å². The summed E-state index contributed by atoms with van der Waals surface area (Å²) in [5.41, 5.74) is 2.40. The first kappa shape index (κ1) is 24.8. The number of benzene rings is 2. The number of carbonyl (C=O) groups is 2. The molecule has 1 saturated carbocycles. The molecule has 36 heavy (non-hydrogen) atoms. The molecule has 7 heteroatoms. The Balaban J connectivity index is 1.39. The first-order valence-electron chi connectivity index (χ1n) is 13.3. The second-order valence-electron chi connectivity index (χ2n) is 10.3. The van der Waals surface area contributed by atoms with Crippen molar-refractivity contribution in [2.75, 3.05) is 39.8 Å². The Labute approximate surface area is 214 Å². The van der Waals surface area contributed by atoms with Crippen molar-refractivity contribution in [1.29, 1.82) is 0 Å². The number of hydrogen-bond donors (Lipinski definition) is 1. The molecular weight excluding hydrogens is 452 g/mol. The maximum Gasteiger partial charge on any atom is 0.245 e. The van der Waals surface area contributed by atoms with E-state index in [4.69, 9.17) is 4.74 Å². The molecule has 7 nitrogen and oxygen atoms in total. The number of methoxy groups -OCH3 is 1. The van der Waals surface area contributed by atoms with E-state index in [-0.39, 0.29) is 29.8 Å². The zero-order valence-corrected chi connectivity index (χ0v) is 21.3. The van der Waals surface area contributed by atoms with Crippen LogP contribution in [0.3, 0.4) is 0 Å². The minimum absolute atomic E-state index is 0.103. The number of carbonyl (C=O) groups excluding carboxylic acids is 2. The molecule has 1 N–H and O–H groups in total. The highest BCUT2D eigenvalue weighted by Crippen LogP contribution is 2.35. The Morgan fingerprint density at radius 3 is 2.53 bits per heavy atom. The van der Waals surface area contributed by atoms with E-state index in [2.05, 4.69) is 46.6 Å². The largest absolute Gasteiger partial charge is 0.497 e. The van der Waals surface area contributed by atoms with Crippen LogP contribution in [0.2, 0.25) is 0 Å². The number of nitrogens with one attached hydrogen (secondary N) is 1. The molecule has 2 atom stereocenters. The smallest absolute Gasteiger partial charge is 0.245 e. The van der Waals surface area contributed by atoms with Crippen LogP contribution in [-0.4, -0.2) is 78.4 Å². The molecule has 192 valence electrons. The Bertz CT molecular complexity index is 1030. The average Bonchev–Trinajstić information content (AvgIpc) is 3.71. The number of rotatable bonds is 8. The molecular formula is C29H38N4O3. The minimum atomic E-state index is -0.371. The van der Waals surface area contributed by atoms with Crippen molar-refractivity contribution in [2.24, 2.45) is 5.92 Å². The molecule has 0 radical (unpaired) electrons. The number of ether oxygens (including phenoxy) is 1. The van der Waals surface area contributed by atoms with Crippen molar-refractivity contribution in [3.8, 4) is 5.75 Å². The Kier molecular flexibility index (Phi) is 7.87. The average molecular weight is 491 g/mol. The maximum atomic E-state index is 13.7. The minimum Gasteiger partial charge on any atom is -0.497 e. The lowest BCUT2D eigenvalue weighted by molar-refractivity contribution is -0.144. The second kappa shape index (κ2) is 11.4. The quantitative estimate of drug-likeness (QED) is 0.617. The van der Waals surface area contributed by atoms with Crippen LogP contribution in [-0.2, 0) is 22.7 Å². The number of likely N-dealkylation sites (tertiary alicyclic amines) is 1. The molecule has 2 amide bonds. The molecule has 1 aliphatic carbocycles. The molecule has 0 spiro atoms. The topological polar surface area (TPSA) is 65.1 Å². The summed E-state index contributed by atoms with van der Waals surface area (Å²) in [4.78, 5) is 33.4.